The fourth-order valence-electron chi connectivity index (χ4n) is 2.06. The average molecular weight is 284 g/mol. The minimum Gasteiger partial charge on any atom is -0.381 e. The van der Waals surface area contributed by atoms with Gasteiger partial charge in [-0.25, -0.2) is 0 Å². The van der Waals surface area contributed by atoms with E-state index >= 15 is 0 Å². The van der Waals surface area contributed by atoms with Crippen molar-refractivity contribution in [2.45, 2.75) is 25.5 Å². The molecule has 1 aromatic rings. The summed E-state index contributed by atoms with van der Waals surface area (Å²) >= 11 is 3.44. The number of benzene rings is 1. The molecule has 1 N–H and O–H groups in total. The second kappa shape index (κ2) is 5.80. The van der Waals surface area contributed by atoms with Crippen molar-refractivity contribution in [3.8, 4) is 0 Å². The molecule has 1 aliphatic carbocycles. The smallest absolute Gasteiger partial charge is 0.0577 e. The minimum absolute atomic E-state index is 0.513. The zero-order chi connectivity index (χ0) is 11.4. The summed E-state index contributed by atoms with van der Waals surface area (Å²) in [6.45, 7) is 2.07. The minimum atomic E-state index is 0.513. The molecule has 0 aromatic heterocycles. The quantitative estimate of drug-likeness (QED) is 0.897. The van der Waals surface area contributed by atoms with Crippen molar-refractivity contribution in [1.29, 1.82) is 0 Å². The lowest BCUT2D eigenvalue weighted by Crippen LogP contribution is -2.37. The summed E-state index contributed by atoms with van der Waals surface area (Å²) < 4.78 is 6.40. The molecule has 1 aliphatic rings. The van der Waals surface area contributed by atoms with Crippen LogP contribution in [0.5, 0.6) is 0 Å². The van der Waals surface area contributed by atoms with Gasteiger partial charge in [-0.05, 0) is 43.0 Å². The van der Waals surface area contributed by atoms with Gasteiger partial charge in [0.05, 0.1) is 6.10 Å². The Hall–Kier alpha value is -0.380. The van der Waals surface area contributed by atoms with Gasteiger partial charge in [-0.2, -0.15) is 0 Å². The van der Waals surface area contributed by atoms with Gasteiger partial charge in [-0.3, -0.25) is 0 Å². The molecule has 3 heteroatoms. The molecule has 0 bridgehead atoms. The molecule has 0 amide bonds. The van der Waals surface area contributed by atoms with Crippen LogP contribution in [0.4, 0.5) is 0 Å². The third-order valence-electron chi connectivity index (χ3n) is 3.20. The van der Waals surface area contributed by atoms with Crippen LogP contribution in [0.15, 0.2) is 28.7 Å². The summed E-state index contributed by atoms with van der Waals surface area (Å²) in [6.07, 6.45) is 2.94. The first-order valence-electron chi connectivity index (χ1n) is 5.76. The Balaban J connectivity index is 1.63. The molecule has 0 unspecified atom stereocenters. The topological polar surface area (TPSA) is 21.3 Å². The highest BCUT2D eigenvalue weighted by atomic mass is 79.9. The molecule has 0 aliphatic heterocycles. The van der Waals surface area contributed by atoms with Crippen LogP contribution in [-0.2, 0) is 11.3 Å². The van der Waals surface area contributed by atoms with E-state index in [0.29, 0.717) is 6.10 Å². The highest BCUT2D eigenvalue weighted by Gasteiger charge is 2.28. The van der Waals surface area contributed by atoms with Gasteiger partial charge >= 0.3 is 0 Å². The van der Waals surface area contributed by atoms with E-state index in [4.69, 9.17) is 4.74 Å². The Morgan fingerprint density at radius 1 is 1.31 bits per heavy atom. The van der Waals surface area contributed by atoms with Crippen LogP contribution in [0.2, 0.25) is 0 Å². The van der Waals surface area contributed by atoms with Gasteiger partial charge in [0.15, 0.2) is 0 Å². The van der Waals surface area contributed by atoms with Gasteiger partial charge in [0.25, 0.3) is 0 Å². The summed E-state index contributed by atoms with van der Waals surface area (Å²) in [6, 6.07) is 8.47. The molecule has 2 nitrogen and oxygen atoms in total. The van der Waals surface area contributed by atoms with Crippen LogP contribution >= 0.6 is 15.9 Å². The standard InChI is InChI=1S/C13H18BrNO/c1-16-13-6-11(7-13)9-15-8-10-2-4-12(14)5-3-10/h2-5,11,13,15H,6-9H2,1H3. The van der Waals surface area contributed by atoms with E-state index in [9.17, 15) is 0 Å². The predicted octanol–water partition coefficient (Wildman–Crippen LogP) is 2.96. The molecule has 0 spiro atoms. The number of nitrogens with one attached hydrogen (secondary N) is 1. The number of ether oxygens (including phenoxy) is 1. The SMILES string of the molecule is COC1CC(CNCc2ccc(Br)cc2)C1. The number of hydrogen-bond donors (Lipinski definition) is 1. The van der Waals surface area contributed by atoms with Gasteiger partial charge in [0.1, 0.15) is 0 Å². The Morgan fingerprint density at radius 2 is 2.00 bits per heavy atom. The van der Waals surface area contributed by atoms with Crippen molar-refractivity contribution in [3.63, 3.8) is 0 Å². The Bertz CT molecular complexity index is 319. The van der Waals surface area contributed by atoms with E-state index in [1.807, 2.05) is 0 Å². The molecule has 88 valence electrons. The summed E-state index contributed by atoms with van der Waals surface area (Å²) in [4.78, 5) is 0. The maximum atomic E-state index is 5.26. The fraction of sp³-hybridized carbons (Fsp3) is 0.538. The zero-order valence-electron chi connectivity index (χ0n) is 9.58. The van der Waals surface area contributed by atoms with Crippen molar-refractivity contribution in [2.24, 2.45) is 5.92 Å². The van der Waals surface area contributed by atoms with Crippen LogP contribution < -0.4 is 5.32 Å². The highest BCUT2D eigenvalue weighted by Crippen LogP contribution is 2.28. The van der Waals surface area contributed by atoms with Gasteiger partial charge in [-0.1, -0.05) is 28.1 Å². The number of methoxy groups -OCH3 is 1. The molecule has 16 heavy (non-hydrogen) atoms. The van der Waals surface area contributed by atoms with Crippen LogP contribution in [-0.4, -0.2) is 19.8 Å². The molecule has 1 saturated carbocycles. The number of rotatable bonds is 5. The van der Waals surface area contributed by atoms with Crippen molar-refractivity contribution in [1.82, 2.24) is 5.32 Å². The summed E-state index contributed by atoms with van der Waals surface area (Å²) in [5.74, 6) is 0.806. The molecule has 2 rings (SSSR count). The average Bonchev–Trinajstić information content (AvgIpc) is 2.24. The monoisotopic (exact) mass is 283 g/mol. The van der Waals surface area contributed by atoms with Gasteiger partial charge in [-0.15, -0.1) is 0 Å². The Morgan fingerprint density at radius 3 is 2.62 bits per heavy atom. The predicted molar refractivity (Wildman–Crippen MR) is 69.4 cm³/mol. The van der Waals surface area contributed by atoms with E-state index in [0.717, 1.165) is 23.5 Å². The van der Waals surface area contributed by atoms with E-state index in [-0.39, 0.29) is 0 Å². The lowest BCUT2D eigenvalue weighted by Gasteiger charge is -2.34. The molecule has 0 radical (unpaired) electrons. The number of halogens is 1. The van der Waals surface area contributed by atoms with Crippen LogP contribution in [0, 0.1) is 5.92 Å². The molecule has 0 atom stereocenters. The highest BCUT2D eigenvalue weighted by molar-refractivity contribution is 9.10. The maximum absolute atomic E-state index is 5.26. The Labute approximate surface area is 106 Å². The summed E-state index contributed by atoms with van der Waals surface area (Å²) in [5, 5.41) is 3.50. The summed E-state index contributed by atoms with van der Waals surface area (Å²) in [7, 11) is 1.80. The van der Waals surface area contributed by atoms with Crippen molar-refractivity contribution in [2.75, 3.05) is 13.7 Å². The first-order valence-corrected chi connectivity index (χ1v) is 6.55. The van der Waals surface area contributed by atoms with Gasteiger partial charge < -0.3 is 10.1 Å². The lowest BCUT2D eigenvalue weighted by atomic mass is 9.82. The van der Waals surface area contributed by atoms with Gasteiger partial charge in [0.2, 0.25) is 0 Å². The second-order valence-electron chi connectivity index (χ2n) is 4.45. The lowest BCUT2D eigenvalue weighted by molar-refractivity contribution is 0.00154. The van der Waals surface area contributed by atoms with Crippen molar-refractivity contribution >= 4 is 15.9 Å². The van der Waals surface area contributed by atoms with Crippen LogP contribution in [0.1, 0.15) is 18.4 Å². The molecular weight excluding hydrogens is 266 g/mol. The van der Waals surface area contributed by atoms with E-state index in [2.05, 4.69) is 45.5 Å². The van der Waals surface area contributed by atoms with E-state index in [1.165, 1.54) is 18.4 Å². The van der Waals surface area contributed by atoms with Gasteiger partial charge in [0, 0.05) is 18.1 Å². The largest absolute Gasteiger partial charge is 0.381 e. The second-order valence-corrected chi connectivity index (χ2v) is 5.37. The molecule has 0 heterocycles. The molecule has 1 fully saturated rings. The van der Waals surface area contributed by atoms with E-state index in [1.54, 1.807) is 7.11 Å². The molecule has 1 aromatic carbocycles. The van der Waals surface area contributed by atoms with E-state index < -0.39 is 0 Å². The molecule has 0 saturated heterocycles. The van der Waals surface area contributed by atoms with Crippen LogP contribution in [0.3, 0.4) is 0 Å². The third kappa shape index (κ3) is 3.30. The maximum Gasteiger partial charge on any atom is 0.0577 e. The zero-order valence-corrected chi connectivity index (χ0v) is 11.2. The molecular formula is C13H18BrNO. The van der Waals surface area contributed by atoms with Crippen molar-refractivity contribution in [3.05, 3.63) is 34.3 Å². The normalized spacial score (nSPS) is 24.1. The Kier molecular flexibility index (Phi) is 4.38. The van der Waals surface area contributed by atoms with Crippen molar-refractivity contribution < 1.29 is 4.74 Å². The van der Waals surface area contributed by atoms with Crippen LogP contribution in [0.25, 0.3) is 0 Å². The number of hydrogen-bond acceptors (Lipinski definition) is 2. The summed E-state index contributed by atoms with van der Waals surface area (Å²) in [5.41, 5.74) is 1.34. The fourth-order valence-corrected chi connectivity index (χ4v) is 2.32. The third-order valence-corrected chi connectivity index (χ3v) is 3.73. The first kappa shape index (κ1) is 12.1. The first-order chi connectivity index (χ1) is 7.78.